The lowest BCUT2D eigenvalue weighted by molar-refractivity contribution is 0.298. The minimum atomic E-state index is 0.514. The van der Waals surface area contributed by atoms with Crippen molar-refractivity contribution in [2.24, 2.45) is 0 Å². The van der Waals surface area contributed by atoms with Crippen molar-refractivity contribution in [3.8, 4) is 5.75 Å². The quantitative estimate of drug-likeness (QED) is 0.736. The Balaban J connectivity index is 2.00. The van der Waals surface area contributed by atoms with Crippen LogP contribution in [0.1, 0.15) is 29.2 Å². The van der Waals surface area contributed by atoms with Gasteiger partial charge in [0.05, 0.1) is 0 Å². The summed E-state index contributed by atoms with van der Waals surface area (Å²) in [5, 5.41) is 3.46. The first-order chi connectivity index (χ1) is 10.1. The lowest BCUT2D eigenvalue weighted by Crippen LogP contribution is -2.21. The molecule has 0 radical (unpaired) electrons. The number of thioether (sulfide) groups is 1. The van der Waals surface area contributed by atoms with E-state index in [2.05, 4.69) is 44.5 Å². The molecule has 0 aliphatic heterocycles. The maximum absolute atomic E-state index is 6.00. The minimum absolute atomic E-state index is 0.514. The molecule has 0 aliphatic carbocycles. The third-order valence-corrected chi connectivity index (χ3v) is 5.08. The molecule has 21 heavy (non-hydrogen) atoms. The van der Waals surface area contributed by atoms with Gasteiger partial charge in [-0.25, -0.2) is 0 Å². The molecule has 2 rings (SSSR count). The molecule has 0 aliphatic rings. The van der Waals surface area contributed by atoms with E-state index >= 15 is 0 Å². The highest BCUT2D eigenvalue weighted by molar-refractivity contribution is 7.98. The number of hydrogen-bond acceptors (Lipinski definition) is 4. The molecular weight excluding hydrogens is 298 g/mol. The summed E-state index contributed by atoms with van der Waals surface area (Å²) in [5.74, 6) is 0.970. The summed E-state index contributed by atoms with van der Waals surface area (Å²) >= 11 is 3.57. The highest BCUT2D eigenvalue weighted by Gasteiger charge is 2.08. The molecule has 0 saturated heterocycles. The van der Waals surface area contributed by atoms with Crippen molar-refractivity contribution in [1.29, 1.82) is 0 Å². The molecule has 0 amide bonds. The van der Waals surface area contributed by atoms with Gasteiger partial charge in [0.1, 0.15) is 12.4 Å². The standard InChI is InChI=1S/C17H23NOS2/c1-12(2)18-10-15-9-14(13(3)21-15)11-19-16-7-5-6-8-17(16)20-4/h5-9,12,18H,10-11H2,1-4H3. The van der Waals surface area contributed by atoms with Crippen LogP contribution in [-0.4, -0.2) is 12.3 Å². The van der Waals surface area contributed by atoms with Crippen molar-refractivity contribution in [2.75, 3.05) is 6.26 Å². The summed E-state index contributed by atoms with van der Waals surface area (Å²) < 4.78 is 6.00. The summed E-state index contributed by atoms with van der Waals surface area (Å²) in [6.45, 7) is 8.09. The number of hydrogen-bond donors (Lipinski definition) is 1. The second kappa shape index (κ2) is 7.87. The number of aryl methyl sites for hydroxylation is 1. The summed E-state index contributed by atoms with van der Waals surface area (Å²) in [4.78, 5) is 3.90. The van der Waals surface area contributed by atoms with Crippen LogP contribution in [-0.2, 0) is 13.2 Å². The third kappa shape index (κ3) is 4.77. The van der Waals surface area contributed by atoms with Crippen LogP contribution < -0.4 is 10.1 Å². The monoisotopic (exact) mass is 321 g/mol. The van der Waals surface area contributed by atoms with Gasteiger partial charge in [0.15, 0.2) is 0 Å². The Bertz CT molecular complexity index is 578. The maximum atomic E-state index is 6.00. The Kier molecular flexibility index (Phi) is 6.15. The lowest BCUT2D eigenvalue weighted by Gasteiger charge is -2.09. The van der Waals surface area contributed by atoms with E-state index in [1.165, 1.54) is 20.2 Å². The molecule has 0 spiro atoms. The number of thiophene rings is 1. The smallest absolute Gasteiger partial charge is 0.133 e. The van der Waals surface area contributed by atoms with Crippen molar-refractivity contribution < 1.29 is 4.74 Å². The van der Waals surface area contributed by atoms with Gasteiger partial charge < -0.3 is 10.1 Å². The van der Waals surface area contributed by atoms with Crippen LogP contribution in [0.5, 0.6) is 5.75 Å². The van der Waals surface area contributed by atoms with Crippen molar-refractivity contribution in [2.45, 2.75) is 44.9 Å². The molecule has 114 valence electrons. The highest BCUT2D eigenvalue weighted by Crippen LogP contribution is 2.29. The SMILES string of the molecule is CSc1ccccc1OCc1cc(CNC(C)C)sc1C. The molecule has 1 heterocycles. The van der Waals surface area contributed by atoms with Crippen LogP contribution in [0.25, 0.3) is 0 Å². The van der Waals surface area contributed by atoms with Gasteiger partial charge in [-0.1, -0.05) is 26.0 Å². The van der Waals surface area contributed by atoms with E-state index in [0.717, 1.165) is 12.3 Å². The number of nitrogens with one attached hydrogen (secondary N) is 1. The van der Waals surface area contributed by atoms with Gasteiger partial charge in [-0.3, -0.25) is 0 Å². The molecule has 1 aromatic carbocycles. The first kappa shape index (κ1) is 16.4. The Labute approximate surface area is 135 Å². The highest BCUT2D eigenvalue weighted by atomic mass is 32.2. The number of benzene rings is 1. The number of para-hydroxylation sites is 1. The zero-order valence-corrected chi connectivity index (χ0v) is 14.7. The molecule has 1 N–H and O–H groups in total. The van der Waals surface area contributed by atoms with Crippen molar-refractivity contribution in [3.63, 3.8) is 0 Å². The fraction of sp³-hybridized carbons (Fsp3) is 0.412. The number of rotatable bonds is 7. The van der Waals surface area contributed by atoms with Gasteiger partial charge in [-0.15, -0.1) is 23.1 Å². The fourth-order valence-electron chi connectivity index (χ4n) is 2.02. The predicted molar refractivity (Wildman–Crippen MR) is 93.6 cm³/mol. The van der Waals surface area contributed by atoms with E-state index < -0.39 is 0 Å². The summed E-state index contributed by atoms with van der Waals surface area (Å²) in [7, 11) is 0. The van der Waals surface area contributed by atoms with Crippen LogP contribution in [0.3, 0.4) is 0 Å². The first-order valence-corrected chi connectivity index (χ1v) is 9.21. The van der Waals surface area contributed by atoms with Crippen LogP contribution in [0.4, 0.5) is 0 Å². The average molecular weight is 322 g/mol. The fourth-order valence-corrected chi connectivity index (χ4v) is 3.56. The zero-order valence-electron chi connectivity index (χ0n) is 13.1. The van der Waals surface area contributed by atoms with E-state index in [0.29, 0.717) is 12.6 Å². The van der Waals surface area contributed by atoms with Crippen LogP contribution in [0.15, 0.2) is 35.2 Å². The largest absolute Gasteiger partial charge is 0.488 e. The summed E-state index contributed by atoms with van der Waals surface area (Å²) in [6, 6.07) is 11.0. The minimum Gasteiger partial charge on any atom is -0.488 e. The van der Waals surface area contributed by atoms with Gasteiger partial charge in [-0.2, -0.15) is 0 Å². The van der Waals surface area contributed by atoms with Gasteiger partial charge in [-0.05, 0) is 31.4 Å². The van der Waals surface area contributed by atoms with E-state index in [1.54, 1.807) is 11.8 Å². The maximum Gasteiger partial charge on any atom is 0.133 e. The molecule has 0 fully saturated rings. The molecule has 2 nitrogen and oxygen atoms in total. The molecule has 1 aromatic heterocycles. The van der Waals surface area contributed by atoms with E-state index in [9.17, 15) is 0 Å². The molecule has 0 bridgehead atoms. The number of ether oxygens (including phenoxy) is 1. The Morgan fingerprint density at radius 3 is 2.76 bits per heavy atom. The van der Waals surface area contributed by atoms with Gasteiger partial charge in [0.2, 0.25) is 0 Å². The van der Waals surface area contributed by atoms with Gasteiger partial charge in [0, 0.05) is 32.8 Å². The van der Waals surface area contributed by atoms with E-state index in [-0.39, 0.29) is 0 Å². The molecule has 0 unspecified atom stereocenters. The van der Waals surface area contributed by atoms with Gasteiger partial charge >= 0.3 is 0 Å². The van der Waals surface area contributed by atoms with Crippen molar-refractivity contribution in [3.05, 3.63) is 45.6 Å². The predicted octanol–water partition coefficient (Wildman–Crippen LogP) is 4.86. The zero-order chi connectivity index (χ0) is 15.2. The van der Waals surface area contributed by atoms with Crippen molar-refractivity contribution >= 4 is 23.1 Å². The summed E-state index contributed by atoms with van der Waals surface area (Å²) in [5.41, 5.74) is 1.29. The van der Waals surface area contributed by atoms with Crippen molar-refractivity contribution in [1.82, 2.24) is 5.32 Å². The topological polar surface area (TPSA) is 21.3 Å². The van der Waals surface area contributed by atoms with Crippen LogP contribution >= 0.6 is 23.1 Å². The van der Waals surface area contributed by atoms with E-state index in [1.807, 2.05) is 29.5 Å². The Morgan fingerprint density at radius 2 is 2.05 bits per heavy atom. The second-order valence-electron chi connectivity index (χ2n) is 5.27. The third-order valence-electron chi connectivity index (χ3n) is 3.21. The van der Waals surface area contributed by atoms with Crippen LogP contribution in [0, 0.1) is 6.92 Å². The normalized spacial score (nSPS) is 11.1. The molecule has 0 saturated carbocycles. The second-order valence-corrected chi connectivity index (χ2v) is 7.46. The lowest BCUT2D eigenvalue weighted by atomic mass is 10.2. The van der Waals surface area contributed by atoms with Crippen LogP contribution in [0.2, 0.25) is 0 Å². The van der Waals surface area contributed by atoms with Gasteiger partial charge in [0.25, 0.3) is 0 Å². The summed E-state index contributed by atoms with van der Waals surface area (Å²) in [6.07, 6.45) is 2.08. The molecule has 0 atom stereocenters. The average Bonchev–Trinajstić information content (AvgIpc) is 2.83. The molecular formula is C17H23NOS2. The molecule has 4 heteroatoms. The Morgan fingerprint density at radius 1 is 1.29 bits per heavy atom. The molecule has 2 aromatic rings. The van der Waals surface area contributed by atoms with E-state index in [4.69, 9.17) is 4.74 Å². The first-order valence-electron chi connectivity index (χ1n) is 7.17. The Hall–Kier alpha value is -0.970.